The average molecular weight is 1390 g/mol. The SMILES string of the molecule is C.CO.COC(=O)c1ccnc2ccc(=O)[nH]c12.COC(=O)c1ccnc2ccc(Cl)nc12.COC(=O)c1ccnc2ccc(OC)nc12.COc1ccc2nccc(Br)c2n1.O=C(O)c1ccnc2ccc(=O)[nH]c12.O=P(Cl)(Cl)Cl.O=S(Cl)Cl. The number of aliphatic hydroxyl groups is 1. The Morgan fingerprint density at radius 1 is 0.518 bits per heavy atom. The highest BCUT2D eigenvalue weighted by atomic mass is 79.9. The van der Waals surface area contributed by atoms with E-state index < -0.39 is 38.3 Å². The van der Waals surface area contributed by atoms with Gasteiger partial charge in [-0.15, -0.1) is 0 Å². The summed E-state index contributed by atoms with van der Waals surface area (Å²) in [7, 11) is 15.4. The highest BCUT2D eigenvalue weighted by molar-refractivity contribution is 9.10. The Hall–Kier alpha value is -7.56. The zero-order valence-electron chi connectivity index (χ0n) is 43.8. The minimum absolute atomic E-state index is 0. The third-order valence-corrected chi connectivity index (χ3v) is 10.6. The van der Waals surface area contributed by atoms with Crippen molar-refractivity contribution in [3.05, 3.63) is 175 Å². The zero-order chi connectivity index (χ0) is 62.7. The van der Waals surface area contributed by atoms with Crippen molar-refractivity contribution in [2.75, 3.05) is 42.7 Å². The number of carbonyl (C=O) groups is 4. The molecule has 0 spiro atoms. The maximum absolute atomic E-state index is 11.5. The summed E-state index contributed by atoms with van der Waals surface area (Å²) in [5.74, 6) is -1.43. The molecule has 4 N–H and O–H groups in total. The number of pyridine rings is 10. The number of aromatic nitrogens is 10. The molecule has 0 radical (unpaired) electrons. The molecular weight excluding hydrogens is 1350 g/mol. The van der Waals surface area contributed by atoms with Gasteiger partial charge in [-0.2, -0.15) is 0 Å². The summed E-state index contributed by atoms with van der Waals surface area (Å²) in [5.41, 5.74) is 6.01. The molecular formula is C51H46BrCl6N10O15PS. The highest BCUT2D eigenvalue weighted by Gasteiger charge is 2.15. The molecule has 0 unspecified atom stereocenters. The van der Waals surface area contributed by atoms with E-state index in [0.717, 1.165) is 22.6 Å². The molecule has 85 heavy (non-hydrogen) atoms. The monoisotopic (exact) mass is 1390 g/mol. The van der Waals surface area contributed by atoms with E-state index in [9.17, 15) is 33.3 Å². The minimum Gasteiger partial charge on any atom is -0.481 e. The Labute approximate surface area is 520 Å². The lowest BCUT2D eigenvalue weighted by atomic mass is 10.2. The molecule has 0 saturated carbocycles. The van der Waals surface area contributed by atoms with E-state index in [1.807, 2.05) is 12.1 Å². The van der Waals surface area contributed by atoms with Crippen LogP contribution in [0.15, 0.2) is 136 Å². The normalized spacial score (nSPS) is 9.96. The molecule has 0 aromatic carbocycles. The number of halogens is 7. The number of hydrogen-bond acceptors (Lipinski definition) is 22. The number of carboxylic acids is 1. The van der Waals surface area contributed by atoms with Crippen molar-refractivity contribution in [2.24, 2.45) is 0 Å². The fourth-order valence-corrected chi connectivity index (χ4v) is 6.89. The van der Waals surface area contributed by atoms with E-state index in [2.05, 4.69) is 135 Å². The first-order valence-corrected chi connectivity index (χ1v) is 30.8. The number of nitrogens with one attached hydrogen (secondary N) is 2. The van der Waals surface area contributed by atoms with Gasteiger partial charge in [0.25, 0.3) is 0 Å². The number of methoxy groups -OCH3 is 5. The van der Waals surface area contributed by atoms with Crippen molar-refractivity contribution < 1.29 is 61.8 Å². The van der Waals surface area contributed by atoms with Crippen molar-refractivity contribution in [1.82, 2.24) is 49.8 Å². The number of carboxylic acid groups (broad SMARTS) is 1. The average Bonchev–Trinajstić information content (AvgIpc) is 3.46. The van der Waals surface area contributed by atoms with E-state index >= 15 is 0 Å². The molecule has 0 atom stereocenters. The van der Waals surface area contributed by atoms with Gasteiger partial charge in [0, 0.05) is 88.2 Å². The molecule has 0 aliphatic rings. The summed E-state index contributed by atoms with van der Waals surface area (Å²) < 4.78 is 43.4. The quantitative estimate of drug-likeness (QED) is 0.0395. The van der Waals surface area contributed by atoms with Crippen LogP contribution in [0.25, 0.3) is 55.2 Å². The number of rotatable bonds is 6. The maximum Gasteiger partial charge on any atom is 0.340 e. The first-order valence-electron chi connectivity index (χ1n) is 22.4. The summed E-state index contributed by atoms with van der Waals surface area (Å²) in [4.78, 5) is 105. The molecule has 0 aliphatic carbocycles. The summed E-state index contributed by atoms with van der Waals surface area (Å²) >= 11 is 23.0. The number of H-pyrrole nitrogens is 2. The van der Waals surface area contributed by atoms with Gasteiger partial charge in [-0.05, 0) is 116 Å². The predicted molar refractivity (Wildman–Crippen MR) is 330 cm³/mol. The topological polar surface area (TPSA) is 358 Å². The van der Waals surface area contributed by atoms with Crippen molar-refractivity contribution in [1.29, 1.82) is 0 Å². The predicted octanol–water partition coefficient (Wildman–Crippen LogP) is 11.3. The highest BCUT2D eigenvalue weighted by Crippen LogP contribution is 2.61. The molecule has 0 aliphatic heterocycles. The van der Waals surface area contributed by atoms with Gasteiger partial charge in [-0.25, -0.2) is 38.3 Å². The smallest absolute Gasteiger partial charge is 0.340 e. The Morgan fingerprint density at radius 2 is 0.835 bits per heavy atom. The standard InChI is InChI=1S/C11H10N2O3.C10H7ClN2O2.C10H8N2O3.C9H7BrN2O.C9H6N2O3.CH4O.CH4.Cl3OP.Cl2OS/c1-15-9-4-3-8-10(13-9)7(5-6-12-8)11(14)16-2;1-15-10(14)6-4-5-12-7-2-3-8(11)13-9(6)7;1-15-10(14)6-4-5-11-7-2-3-8(13)12-9(6)7;1-13-8-3-2-7-9(12-8)6(10)4-5-11-7;12-7-2-1-6-8(11-7)5(9(13)14)3-4-10-6;1-2;;1-5(2,3)4;1-4(2)3/h3-6H,1-2H3;2-5H,1H3;2-5H,1H3,(H,12,13);2-5H,1H3;1-4H,(H,11,12)(H,13,14);2H,1H3;1H4;;. The van der Waals surface area contributed by atoms with Crippen LogP contribution in [0.3, 0.4) is 0 Å². The lowest BCUT2D eigenvalue weighted by Gasteiger charge is -2.04. The second-order valence-corrected chi connectivity index (χ2v) is 25.1. The van der Waals surface area contributed by atoms with Gasteiger partial charge in [0.05, 0.1) is 96.4 Å². The summed E-state index contributed by atoms with van der Waals surface area (Å²) in [6.45, 7) is 0. The Kier molecular flexibility index (Phi) is 32.0. The minimum atomic E-state index is -3.22. The number of hydrogen-bond donors (Lipinski definition) is 4. The van der Waals surface area contributed by atoms with Crippen molar-refractivity contribution in [2.45, 2.75) is 7.43 Å². The number of esters is 3. The molecule has 10 rings (SSSR count). The van der Waals surface area contributed by atoms with Gasteiger partial charge in [-0.3, -0.25) is 39.1 Å². The van der Waals surface area contributed by atoms with E-state index in [4.69, 9.17) is 35.5 Å². The van der Waals surface area contributed by atoms with Crippen LogP contribution in [0.4, 0.5) is 0 Å². The van der Waals surface area contributed by atoms with Crippen LogP contribution in [0.5, 0.6) is 11.8 Å². The van der Waals surface area contributed by atoms with Crippen molar-refractivity contribution in [3.8, 4) is 11.8 Å². The summed E-state index contributed by atoms with van der Waals surface area (Å²) in [5, 5.41) is 12.9. The molecule has 0 fully saturated rings. The second kappa shape index (κ2) is 37.0. The lowest BCUT2D eigenvalue weighted by molar-refractivity contribution is 0.0593. The van der Waals surface area contributed by atoms with E-state index in [1.54, 1.807) is 68.0 Å². The molecule has 34 heteroatoms. The number of aliphatic hydroxyl groups excluding tert-OH is 1. The lowest BCUT2D eigenvalue weighted by Crippen LogP contribution is -2.09. The van der Waals surface area contributed by atoms with Crippen LogP contribution in [-0.2, 0) is 28.0 Å². The number of aromatic carboxylic acids is 1. The van der Waals surface area contributed by atoms with Crippen LogP contribution in [-0.4, -0.2) is 131 Å². The molecule has 0 amide bonds. The number of ether oxygens (including phenoxy) is 5. The first-order chi connectivity index (χ1) is 39.9. The van der Waals surface area contributed by atoms with E-state index in [-0.39, 0.29) is 29.6 Å². The summed E-state index contributed by atoms with van der Waals surface area (Å²) in [6, 6.07) is 24.0. The van der Waals surface area contributed by atoms with Crippen molar-refractivity contribution in [3.63, 3.8) is 0 Å². The Balaban J connectivity index is 0.000000346. The van der Waals surface area contributed by atoms with Crippen LogP contribution < -0.4 is 20.6 Å². The second-order valence-electron chi connectivity index (χ2n) is 14.7. The molecule has 10 aromatic rings. The third-order valence-electron chi connectivity index (χ3n) is 9.72. The maximum atomic E-state index is 11.5. The van der Waals surface area contributed by atoms with Gasteiger partial charge in [0.2, 0.25) is 32.1 Å². The van der Waals surface area contributed by atoms with Crippen LogP contribution in [0.1, 0.15) is 48.9 Å². The van der Waals surface area contributed by atoms with Crippen LogP contribution in [0.2, 0.25) is 5.15 Å². The largest absolute Gasteiger partial charge is 0.481 e. The van der Waals surface area contributed by atoms with Gasteiger partial charge in [0.15, 0.2) is 0 Å². The van der Waals surface area contributed by atoms with Crippen LogP contribution >= 0.6 is 87.8 Å². The van der Waals surface area contributed by atoms with E-state index in [1.165, 1.54) is 77.4 Å². The molecule has 0 bridgehead atoms. The zero-order valence-corrected chi connectivity index (χ0v) is 51.7. The van der Waals surface area contributed by atoms with Gasteiger partial charge < -0.3 is 43.9 Å². The number of nitrogens with zero attached hydrogens (tertiary/aromatic N) is 8. The molecule has 10 aromatic heterocycles. The molecule has 10 heterocycles. The first kappa shape index (κ1) is 73.5. The third kappa shape index (κ3) is 23.8. The molecule has 0 saturated heterocycles. The molecule has 25 nitrogen and oxygen atoms in total. The fourth-order valence-electron chi connectivity index (χ4n) is 6.33. The van der Waals surface area contributed by atoms with Crippen LogP contribution in [0, 0.1) is 0 Å². The van der Waals surface area contributed by atoms with Crippen molar-refractivity contribution >= 4 is 176 Å². The number of fused-ring (bicyclic) bond motifs is 5. The van der Waals surface area contributed by atoms with Gasteiger partial charge in [0.1, 0.15) is 21.7 Å². The van der Waals surface area contributed by atoms with Gasteiger partial charge >= 0.3 is 29.1 Å². The summed E-state index contributed by atoms with van der Waals surface area (Å²) in [6.07, 6.45) is 7.70. The number of aromatic amines is 2. The fraction of sp³-hybridized carbons (Fsp3) is 0.137. The Bertz CT molecular complexity index is 4110. The molecule has 450 valence electrons. The Morgan fingerprint density at radius 3 is 1.25 bits per heavy atom. The van der Waals surface area contributed by atoms with E-state index in [0.29, 0.717) is 72.2 Å². The number of carbonyl (C=O) groups excluding carboxylic acids is 3. The van der Waals surface area contributed by atoms with Gasteiger partial charge in [-0.1, -0.05) is 19.0 Å².